The Morgan fingerprint density at radius 1 is 0.837 bits per heavy atom. The van der Waals surface area contributed by atoms with E-state index >= 15 is 0 Å². The number of nitro groups is 2. The number of carbonyl (C=O) groups is 2. The first-order valence-electron chi connectivity index (χ1n) is 14.5. The van der Waals surface area contributed by atoms with Crippen LogP contribution in [0.1, 0.15) is 91.2 Å². The van der Waals surface area contributed by atoms with E-state index in [9.17, 15) is 29.8 Å². The molecule has 43 heavy (non-hydrogen) atoms. The summed E-state index contributed by atoms with van der Waals surface area (Å²) in [5, 5.41) is 33.1. The summed E-state index contributed by atoms with van der Waals surface area (Å²) >= 11 is 0. The summed E-state index contributed by atoms with van der Waals surface area (Å²) < 4.78 is 1.55. The summed E-state index contributed by atoms with van der Waals surface area (Å²) in [6.07, 6.45) is 4.39. The molecule has 232 valence electrons. The van der Waals surface area contributed by atoms with E-state index in [1.54, 1.807) is 30.5 Å². The van der Waals surface area contributed by atoms with Gasteiger partial charge in [-0.3, -0.25) is 29.8 Å². The van der Waals surface area contributed by atoms with Crippen molar-refractivity contribution in [3.8, 4) is 0 Å². The van der Waals surface area contributed by atoms with Gasteiger partial charge in [0, 0.05) is 40.6 Å². The van der Waals surface area contributed by atoms with Crippen molar-refractivity contribution in [2.45, 2.75) is 86.6 Å². The third-order valence-corrected chi connectivity index (χ3v) is 7.20. The number of nitro benzene ring substituents is 2. The Balaban J connectivity index is 0.00000316. The van der Waals surface area contributed by atoms with Gasteiger partial charge in [0.1, 0.15) is 11.0 Å². The smallest absolute Gasteiger partial charge is 0.323 e. The zero-order valence-corrected chi connectivity index (χ0v) is 25.5. The summed E-state index contributed by atoms with van der Waals surface area (Å²) in [6, 6.07) is 6.02. The van der Waals surface area contributed by atoms with E-state index in [0.29, 0.717) is 46.4 Å². The van der Waals surface area contributed by atoms with Gasteiger partial charge in [0.2, 0.25) is 0 Å². The van der Waals surface area contributed by atoms with Crippen LogP contribution in [0.25, 0.3) is 21.8 Å². The lowest BCUT2D eigenvalue weighted by Gasteiger charge is -2.14. The fourth-order valence-corrected chi connectivity index (χ4v) is 5.29. The lowest BCUT2D eigenvalue weighted by atomic mass is 9.92. The molecular formula is C30H39N5O8. The molecule has 1 atom stereocenters. The quantitative estimate of drug-likeness (QED) is 0.0539. The Labute approximate surface area is 249 Å². The van der Waals surface area contributed by atoms with E-state index in [1.807, 2.05) is 13.8 Å². The average molecular weight is 598 g/mol. The van der Waals surface area contributed by atoms with Crippen LogP contribution >= 0.6 is 0 Å². The SMILES string of the molecule is CC.CCCC(CC)CC/C(=N\OC=O)c1cc([N+](=O)[O-])c2c(c1)c1cc(/C(CC)=N/OC=O)cc([N+](=O)[O-])c1n2CC. The van der Waals surface area contributed by atoms with E-state index in [0.717, 1.165) is 25.7 Å². The van der Waals surface area contributed by atoms with Gasteiger partial charge >= 0.3 is 12.9 Å². The van der Waals surface area contributed by atoms with Crippen LogP contribution in [0, 0.1) is 26.1 Å². The van der Waals surface area contributed by atoms with Crippen molar-refractivity contribution in [3.63, 3.8) is 0 Å². The van der Waals surface area contributed by atoms with Crippen molar-refractivity contribution in [2.24, 2.45) is 16.2 Å². The molecule has 0 amide bonds. The molecule has 3 rings (SSSR count). The maximum atomic E-state index is 12.4. The summed E-state index contributed by atoms with van der Waals surface area (Å²) in [4.78, 5) is 54.6. The van der Waals surface area contributed by atoms with Gasteiger partial charge in [0.15, 0.2) is 0 Å². The number of aryl methyl sites for hydroxylation is 1. The highest BCUT2D eigenvalue weighted by Gasteiger charge is 2.28. The minimum atomic E-state index is -0.555. The molecule has 1 unspecified atom stereocenters. The number of hydrogen-bond donors (Lipinski definition) is 0. The number of nitrogens with zero attached hydrogens (tertiary/aromatic N) is 5. The number of non-ortho nitro benzene ring substituents is 2. The molecular weight excluding hydrogens is 558 g/mol. The Kier molecular flexibility index (Phi) is 13.4. The van der Waals surface area contributed by atoms with Gasteiger partial charge in [-0.2, -0.15) is 0 Å². The van der Waals surface area contributed by atoms with Gasteiger partial charge in [-0.15, -0.1) is 0 Å². The monoisotopic (exact) mass is 597 g/mol. The van der Waals surface area contributed by atoms with Crippen LogP contribution in [0.15, 0.2) is 34.6 Å². The predicted octanol–water partition coefficient (Wildman–Crippen LogP) is 7.43. The number of hydrogen-bond acceptors (Lipinski definition) is 10. The van der Waals surface area contributed by atoms with Gasteiger partial charge in [0.25, 0.3) is 11.4 Å². The zero-order valence-electron chi connectivity index (χ0n) is 25.5. The summed E-state index contributed by atoms with van der Waals surface area (Å²) in [6.45, 7) is 12.2. The highest BCUT2D eigenvalue weighted by atomic mass is 16.7. The van der Waals surface area contributed by atoms with E-state index in [2.05, 4.69) is 29.0 Å². The van der Waals surface area contributed by atoms with Crippen LogP contribution in [-0.2, 0) is 25.8 Å². The molecule has 0 saturated carbocycles. The van der Waals surface area contributed by atoms with Gasteiger partial charge in [-0.25, -0.2) is 0 Å². The molecule has 0 N–H and O–H groups in total. The number of benzene rings is 2. The highest BCUT2D eigenvalue weighted by Crippen LogP contribution is 2.41. The number of oxime groups is 2. The molecule has 0 aliphatic rings. The first-order chi connectivity index (χ1) is 20.8. The van der Waals surface area contributed by atoms with Crippen LogP contribution in [-0.4, -0.2) is 38.8 Å². The second kappa shape index (κ2) is 16.7. The van der Waals surface area contributed by atoms with Crippen molar-refractivity contribution >= 4 is 57.5 Å². The second-order valence-electron chi connectivity index (χ2n) is 9.48. The molecule has 3 aromatic rings. The van der Waals surface area contributed by atoms with Crippen molar-refractivity contribution < 1.29 is 29.1 Å². The molecule has 1 heterocycles. The van der Waals surface area contributed by atoms with Crippen LogP contribution in [0.5, 0.6) is 0 Å². The fraction of sp³-hybridized carbons (Fsp3) is 0.467. The number of fused-ring (bicyclic) bond motifs is 3. The first-order valence-corrected chi connectivity index (χ1v) is 14.5. The molecule has 0 saturated heterocycles. The maximum Gasteiger partial charge on any atom is 0.323 e. The Morgan fingerprint density at radius 2 is 1.33 bits per heavy atom. The van der Waals surface area contributed by atoms with Crippen molar-refractivity contribution in [1.82, 2.24) is 4.57 Å². The fourth-order valence-electron chi connectivity index (χ4n) is 5.29. The first kappa shape index (κ1) is 34.5. The Morgan fingerprint density at radius 3 is 1.72 bits per heavy atom. The second-order valence-corrected chi connectivity index (χ2v) is 9.48. The largest absolute Gasteiger partial charge is 0.330 e. The van der Waals surface area contributed by atoms with E-state index < -0.39 is 9.85 Å². The highest BCUT2D eigenvalue weighted by molar-refractivity contribution is 6.18. The van der Waals surface area contributed by atoms with Crippen molar-refractivity contribution in [1.29, 1.82) is 0 Å². The van der Waals surface area contributed by atoms with Crippen LogP contribution in [0.2, 0.25) is 0 Å². The minimum Gasteiger partial charge on any atom is -0.330 e. The van der Waals surface area contributed by atoms with Gasteiger partial charge in [-0.1, -0.05) is 64.2 Å². The molecule has 0 spiro atoms. The molecule has 0 bridgehead atoms. The third-order valence-electron chi connectivity index (χ3n) is 7.20. The lowest BCUT2D eigenvalue weighted by Crippen LogP contribution is -2.08. The van der Waals surface area contributed by atoms with E-state index in [4.69, 9.17) is 4.84 Å². The maximum absolute atomic E-state index is 12.4. The number of aromatic nitrogens is 1. The average Bonchev–Trinajstić information content (AvgIpc) is 3.34. The molecule has 2 aromatic carbocycles. The molecule has 0 aliphatic carbocycles. The number of rotatable bonds is 16. The number of carbonyl (C=O) groups excluding carboxylic acids is 2. The van der Waals surface area contributed by atoms with Gasteiger partial charge < -0.3 is 14.2 Å². The molecule has 0 aliphatic heterocycles. The molecule has 0 radical (unpaired) electrons. The topological polar surface area (TPSA) is 169 Å². The third kappa shape index (κ3) is 7.79. The molecule has 1 aromatic heterocycles. The zero-order chi connectivity index (χ0) is 32.1. The van der Waals surface area contributed by atoms with Gasteiger partial charge in [0.05, 0.1) is 21.3 Å². The Bertz CT molecular complexity index is 1530. The normalized spacial score (nSPS) is 12.4. The molecule has 13 heteroatoms. The summed E-state index contributed by atoms with van der Waals surface area (Å²) in [5.74, 6) is 0.396. The van der Waals surface area contributed by atoms with E-state index in [-0.39, 0.29) is 47.6 Å². The van der Waals surface area contributed by atoms with Crippen LogP contribution < -0.4 is 0 Å². The standard InChI is InChI=1S/C28H33N5O8.C2H6/c1-5-9-18(6-2)10-11-24(30-41-17-35)20-13-22-21-12-19(23(7-3)29-40-16-34)14-25(32(36)37)27(21)31(8-4)28(22)26(15-20)33(38)39;1-2/h12-18H,5-11H2,1-4H3;1-2H3/b29-23+,30-24+;. The van der Waals surface area contributed by atoms with Crippen LogP contribution in [0.3, 0.4) is 0 Å². The van der Waals surface area contributed by atoms with E-state index in [1.165, 1.54) is 12.1 Å². The molecule has 13 nitrogen and oxygen atoms in total. The lowest BCUT2D eigenvalue weighted by molar-refractivity contribution is -0.383. The Hall–Kier alpha value is -4.68. The molecule has 0 fully saturated rings. The predicted molar refractivity (Wildman–Crippen MR) is 165 cm³/mol. The van der Waals surface area contributed by atoms with Crippen LogP contribution in [0.4, 0.5) is 11.4 Å². The summed E-state index contributed by atoms with van der Waals surface area (Å²) in [7, 11) is 0. The summed E-state index contributed by atoms with van der Waals surface area (Å²) in [5.41, 5.74) is 1.23. The van der Waals surface area contributed by atoms with Crippen molar-refractivity contribution in [2.75, 3.05) is 0 Å². The minimum absolute atomic E-state index is 0.146. The van der Waals surface area contributed by atoms with Crippen molar-refractivity contribution in [3.05, 3.63) is 55.6 Å². The van der Waals surface area contributed by atoms with Gasteiger partial charge in [-0.05, 0) is 44.2 Å².